The van der Waals surface area contributed by atoms with E-state index in [1.807, 2.05) is 29.8 Å². The molecule has 0 bridgehead atoms. The summed E-state index contributed by atoms with van der Waals surface area (Å²) in [4.78, 5) is 0. The van der Waals surface area contributed by atoms with Gasteiger partial charge in [-0.25, -0.2) is 4.68 Å². The van der Waals surface area contributed by atoms with Gasteiger partial charge in [0.15, 0.2) is 0 Å². The third-order valence-corrected chi connectivity index (χ3v) is 3.98. The maximum atomic E-state index is 9.41. The van der Waals surface area contributed by atoms with Gasteiger partial charge in [0.1, 0.15) is 0 Å². The van der Waals surface area contributed by atoms with Crippen LogP contribution in [0.5, 0.6) is 0 Å². The highest BCUT2D eigenvalue weighted by molar-refractivity contribution is 5.36. The van der Waals surface area contributed by atoms with Crippen molar-refractivity contribution >= 4 is 0 Å². The van der Waals surface area contributed by atoms with E-state index in [0.717, 1.165) is 23.6 Å². The van der Waals surface area contributed by atoms with E-state index in [0.29, 0.717) is 5.92 Å². The van der Waals surface area contributed by atoms with Crippen molar-refractivity contribution in [2.45, 2.75) is 40.3 Å². The highest BCUT2D eigenvalue weighted by Crippen LogP contribution is 2.18. The van der Waals surface area contributed by atoms with Crippen molar-refractivity contribution in [3.05, 3.63) is 47.3 Å². The van der Waals surface area contributed by atoms with Gasteiger partial charge in [0.25, 0.3) is 0 Å². The smallest absolute Gasteiger partial charge is 0.0648 e. The topological polar surface area (TPSA) is 50.1 Å². The van der Waals surface area contributed by atoms with E-state index in [4.69, 9.17) is 0 Å². The predicted octanol–water partition coefficient (Wildman–Crippen LogP) is 2.60. The van der Waals surface area contributed by atoms with Gasteiger partial charge in [-0.15, -0.1) is 0 Å². The Kier molecular flexibility index (Phi) is 5.15. The molecule has 0 aliphatic carbocycles. The Morgan fingerprint density at radius 2 is 1.86 bits per heavy atom. The zero-order chi connectivity index (χ0) is 15.4. The first-order valence-electron chi connectivity index (χ1n) is 7.49. The molecular formula is C17H25N3O. The summed E-state index contributed by atoms with van der Waals surface area (Å²) in [7, 11) is 0. The Labute approximate surface area is 126 Å². The van der Waals surface area contributed by atoms with Crippen LogP contribution in [0.1, 0.15) is 30.8 Å². The number of aryl methyl sites for hydroxylation is 1. The first-order valence-corrected chi connectivity index (χ1v) is 7.49. The number of para-hydroxylation sites is 1. The lowest BCUT2D eigenvalue weighted by atomic mass is 10.0. The molecule has 1 aromatic heterocycles. The highest BCUT2D eigenvalue weighted by Gasteiger charge is 2.16. The fourth-order valence-electron chi connectivity index (χ4n) is 2.50. The lowest BCUT2D eigenvalue weighted by molar-refractivity contribution is 0.210. The molecule has 0 saturated carbocycles. The Bertz CT molecular complexity index is 575. The number of hydrogen-bond donors (Lipinski definition) is 2. The van der Waals surface area contributed by atoms with Gasteiger partial charge in [-0.1, -0.05) is 32.0 Å². The molecule has 0 aliphatic rings. The quantitative estimate of drug-likeness (QED) is 0.858. The minimum absolute atomic E-state index is 0.115. The molecule has 1 aromatic carbocycles. The first-order chi connectivity index (χ1) is 10.0. The second-order valence-corrected chi connectivity index (χ2v) is 5.81. The molecule has 0 spiro atoms. The van der Waals surface area contributed by atoms with Crippen LogP contribution >= 0.6 is 0 Å². The van der Waals surface area contributed by atoms with Crippen LogP contribution in [-0.4, -0.2) is 27.5 Å². The molecule has 2 rings (SSSR count). The maximum Gasteiger partial charge on any atom is 0.0648 e. The van der Waals surface area contributed by atoms with Gasteiger partial charge in [-0.05, 0) is 31.9 Å². The molecule has 0 saturated heterocycles. The van der Waals surface area contributed by atoms with Crippen LogP contribution in [0.15, 0.2) is 30.3 Å². The molecule has 4 heteroatoms. The SMILES string of the molecule is Cc1nn(-c2ccccc2)c(C)c1CNC(CO)C(C)C. The summed E-state index contributed by atoms with van der Waals surface area (Å²) in [6, 6.07) is 10.3. The summed E-state index contributed by atoms with van der Waals surface area (Å²) >= 11 is 0. The second-order valence-electron chi connectivity index (χ2n) is 5.81. The standard InChI is InChI=1S/C17H25N3O/c1-12(2)17(11-21)18-10-16-13(3)19-20(14(16)4)15-8-6-5-7-9-15/h5-9,12,17-18,21H,10-11H2,1-4H3. The van der Waals surface area contributed by atoms with Gasteiger partial charge in [-0.3, -0.25) is 0 Å². The molecule has 1 atom stereocenters. The van der Waals surface area contributed by atoms with Gasteiger partial charge in [0.2, 0.25) is 0 Å². The molecule has 21 heavy (non-hydrogen) atoms. The van der Waals surface area contributed by atoms with E-state index in [1.54, 1.807) is 0 Å². The summed E-state index contributed by atoms with van der Waals surface area (Å²) < 4.78 is 1.98. The minimum Gasteiger partial charge on any atom is -0.395 e. The number of aliphatic hydroxyl groups is 1. The third-order valence-electron chi connectivity index (χ3n) is 3.98. The Morgan fingerprint density at radius 1 is 1.19 bits per heavy atom. The number of hydrogen-bond acceptors (Lipinski definition) is 3. The van der Waals surface area contributed by atoms with Gasteiger partial charge in [-0.2, -0.15) is 5.10 Å². The number of aliphatic hydroxyl groups excluding tert-OH is 1. The summed E-state index contributed by atoms with van der Waals surface area (Å²) in [5.74, 6) is 0.403. The molecule has 114 valence electrons. The van der Waals surface area contributed by atoms with E-state index < -0.39 is 0 Å². The molecule has 4 nitrogen and oxygen atoms in total. The fourth-order valence-corrected chi connectivity index (χ4v) is 2.50. The maximum absolute atomic E-state index is 9.41. The normalized spacial score (nSPS) is 12.9. The summed E-state index contributed by atoms with van der Waals surface area (Å²) in [6.45, 7) is 9.23. The van der Waals surface area contributed by atoms with Crippen molar-refractivity contribution in [3.63, 3.8) is 0 Å². The van der Waals surface area contributed by atoms with Crippen molar-refractivity contribution in [2.24, 2.45) is 5.92 Å². The van der Waals surface area contributed by atoms with Crippen molar-refractivity contribution in [2.75, 3.05) is 6.61 Å². The van der Waals surface area contributed by atoms with Gasteiger partial charge >= 0.3 is 0 Å². The van der Waals surface area contributed by atoms with Gasteiger partial charge in [0, 0.05) is 23.8 Å². The largest absolute Gasteiger partial charge is 0.395 e. The zero-order valence-electron chi connectivity index (χ0n) is 13.3. The monoisotopic (exact) mass is 287 g/mol. The molecule has 1 unspecified atom stereocenters. The number of benzene rings is 1. The van der Waals surface area contributed by atoms with Crippen molar-refractivity contribution in [1.82, 2.24) is 15.1 Å². The van der Waals surface area contributed by atoms with E-state index >= 15 is 0 Å². The molecule has 2 N–H and O–H groups in total. The number of nitrogens with one attached hydrogen (secondary N) is 1. The average molecular weight is 287 g/mol. The molecule has 1 heterocycles. The van der Waals surface area contributed by atoms with Crippen LogP contribution in [-0.2, 0) is 6.54 Å². The number of aromatic nitrogens is 2. The fraction of sp³-hybridized carbons (Fsp3) is 0.471. The predicted molar refractivity (Wildman–Crippen MR) is 85.6 cm³/mol. The Hall–Kier alpha value is -1.65. The Balaban J connectivity index is 2.20. The molecule has 0 fully saturated rings. The van der Waals surface area contributed by atoms with E-state index in [1.165, 1.54) is 5.56 Å². The van der Waals surface area contributed by atoms with Gasteiger partial charge < -0.3 is 10.4 Å². The molecule has 0 aliphatic heterocycles. The van der Waals surface area contributed by atoms with E-state index in [2.05, 4.69) is 43.3 Å². The zero-order valence-corrected chi connectivity index (χ0v) is 13.3. The third kappa shape index (κ3) is 3.52. The first kappa shape index (κ1) is 15.7. The van der Waals surface area contributed by atoms with E-state index in [9.17, 15) is 5.11 Å². The van der Waals surface area contributed by atoms with Crippen LogP contribution in [0.3, 0.4) is 0 Å². The van der Waals surface area contributed by atoms with Crippen molar-refractivity contribution in [1.29, 1.82) is 0 Å². The van der Waals surface area contributed by atoms with E-state index in [-0.39, 0.29) is 12.6 Å². The average Bonchev–Trinajstić information content (AvgIpc) is 2.76. The van der Waals surface area contributed by atoms with Crippen LogP contribution in [0, 0.1) is 19.8 Å². The molecular weight excluding hydrogens is 262 g/mol. The minimum atomic E-state index is 0.115. The summed E-state index contributed by atoms with van der Waals surface area (Å²) in [6.07, 6.45) is 0. The molecule has 2 aromatic rings. The molecule has 0 amide bonds. The number of rotatable bonds is 6. The molecule has 0 radical (unpaired) electrons. The van der Waals surface area contributed by atoms with Crippen LogP contribution in [0.4, 0.5) is 0 Å². The lowest BCUT2D eigenvalue weighted by Gasteiger charge is -2.20. The van der Waals surface area contributed by atoms with Crippen molar-refractivity contribution in [3.8, 4) is 5.69 Å². The summed E-state index contributed by atoms with van der Waals surface area (Å²) in [5, 5.41) is 17.5. The van der Waals surface area contributed by atoms with Crippen LogP contribution < -0.4 is 5.32 Å². The summed E-state index contributed by atoms with van der Waals surface area (Å²) in [5.41, 5.74) is 4.46. The lowest BCUT2D eigenvalue weighted by Crippen LogP contribution is -2.36. The van der Waals surface area contributed by atoms with Crippen LogP contribution in [0.2, 0.25) is 0 Å². The van der Waals surface area contributed by atoms with Crippen LogP contribution in [0.25, 0.3) is 5.69 Å². The number of nitrogens with zero attached hydrogens (tertiary/aromatic N) is 2. The van der Waals surface area contributed by atoms with Gasteiger partial charge in [0.05, 0.1) is 18.0 Å². The highest BCUT2D eigenvalue weighted by atomic mass is 16.3. The second kappa shape index (κ2) is 6.87. The Morgan fingerprint density at radius 3 is 2.43 bits per heavy atom. The van der Waals surface area contributed by atoms with Crippen molar-refractivity contribution < 1.29 is 5.11 Å².